The Morgan fingerprint density at radius 1 is 1.10 bits per heavy atom. The fraction of sp³-hybridized carbons (Fsp3) is 1.00. The molecule has 0 amide bonds. The summed E-state index contributed by atoms with van der Waals surface area (Å²) >= 11 is 0. The minimum Gasteiger partial charge on any atom is -0.329 e. The molecule has 0 rings (SSSR count). The molecule has 21 heavy (non-hydrogen) atoms. The van der Waals surface area contributed by atoms with Crippen LogP contribution in [-0.2, 0) is 13.6 Å². The molecule has 1 unspecified atom stereocenters. The second kappa shape index (κ2) is 11.0. The van der Waals surface area contributed by atoms with Crippen LogP contribution in [0, 0.1) is 0 Å². The number of azide groups is 1. The molecule has 0 aliphatic carbocycles. The van der Waals surface area contributed by atoms with Gasteiger partial charge in [-0.3, -0.25) is 9.05 Å². The zero-order chi connectivity index (χ0) is 16.2. The van der Waals surface area contributed by atoms with Gasteiger partial charge in [-0.25, -0.2) is 4.57 Å². The van der Waals surface area contributed by atoms with E-state index in [4.69, 9.17) is 14.6 Å². The summed E-state index contributed by atoms with van der Waals surface area (Å²) < 4.78 is 22.0. The van der Waals surface area contributed by atoms with Crippen LogP contribution in [0.2, 0.25) is 0 Å². The Morgan fingerprint density at radius 2 is 1.67 bits per heavy atom. The van der Waals surface area contributed by atoms with Crippen LogP contribution in [0.15, 0.2) is 5.11 Å². The average molecular weight is 323 g/mol. The molecule has 0 aliphatic rings. The first-order valence-corrected chi connectivity index (χ1v) is 8.69. The van der Waals surface area contributed by atoms with Gasteiger partial charge in [0.05, 0.1) is 27.7 Å². The lowest BCUT2D eigenvalue weighted by Gasteiger charge is -2.24. The fourth-order valence-corrected chi connectivity index (χ4v) is 2.25. The van der Waals surface area contributed by atoms with E-state index >= 15 is 0 Å². The summed E-state index contributed by atoms with van der Waals surface area (Å²) in [5.74, 6) is 0. The number of hydrogen-bond donors (Lipinski definition) is 1. The van der Waals surface area contributed by atoms with E-state index in [-0.39, 0.29) is 13.2 Å². The monoisotopic (exact) mass is 323 g/mol. The minimum absolute atomic E-state index is 0.191. The lowest BCUT2D eigenvalue weighted by molar-refractivity contribution is -0.870. The quantitative estimate of drug-likeness (QED) is 0.140. The summed E-state index contributed by atoms with van der Waals surface area (Å²) in [6, 6.07) is 0. The third-order valence-electron chi connectivity index (χ3n) is 2.74. The third-order valence-corrected chi connectivity index (χ3v) is 3.75. The van der Waals surface area contributed by atoms with Crippen LogP contribution in [0.1, 0.15) is 32.1 Å². The Hall–Kier alpha value is -0.620. The summed E-state index contributed by atoms with van der Waals surface area (Å²) in [5.41, 5.74) is 8.10. The van der Waals surface area contributed by atoms with Crippen molar-refractivity contribution in [1.29, 1.82) is 0 Å². The Morgan fingerprint density at radius 3 is 2.29 bits per heavy atom. The fourth-order valence-electron chi connectivity index (χ4n) is 1.51. The van der Waals surface area contributed by atoms with E-state index in [1.165, 1.54) is 0 Å². The number of unbranched alkanes of at least 4 members (excludes halogenated alkanes) is 4. The zero-order valence-electron chi connectivity index (χ0n) is 13.3. The van der Waals surface area contributed by atoms with Crippen molar-refractivity contribution in [2.45, 2.75) is 32.1 Å². The van der Waals surface area contributed by atoms with E-state index in [0.717, 1.165) is 25.7 Å². The molecule has 9 heteroatoms. The Bertz CT molecular complexity index is 367. The first-order chi connectivity index (χ1) is 9.77. The van der Waals surface area contributed by atoms with Gasteiger partial charge >= 0.3 is 7.82 Å². The van der Waals surface area contributed by atoms with E-state index in [1.807, 2.05) is 21.1 Å². The number of likely N-dealkylation sites (N-methyl/N-ethyl adjacent to an activating group) is 1. The second-order valence-corrected chi connectivity index (χ2v) is 7.32. The van der Waals surface area contributed by atoms with Crippen molar-refractivity contribution in [3.8, 4) is 0 Å². The smallest absolute Gasteiger partial charge is 0.329 e. The van der Waals surface area contributed by atoms with Crippen LogP contribution in [0.4, 0.5) is 0 Å². The Labute approximate surface area is 126 Å². The van der Waals surface area contributed by atoms with Gasteiger partial charge in [-0.15, -0.1) is 0 Å². The minimum atomic E-state index is -3.91. The highest BCUT2D eigenvalue weighted by Crippen LogP contribution is 2.43. The molecule has 0 fully saturated rings. The van der Waals surface area contributed by atoms with Crippen molar-refractivity contribution < 1.29 is 23.0 Å². The van der Waals surface area contributed by atoms with Crippen LogP contribution in [0.3, 0.4) is 0 Å². The van der Waals surface area contributed by atoms with Crippen LogP contribution in [0.5, 0.6) is 0 Å². The highest BCUT2D eigenvalue weighted by atomic mass is 31.2. The predicted molar refractivity (Wildman–Crippen MR) is 81.7 cm³/mol. The molecule has 1 atom stereocenters. The van der Waals surface area contributed by atoms with Crippen LogP contribution >= 0.6 is 7.82 Å². The first-order valence-electron chi connectivity index (χ1n) is 7.20. The molecule has 0 aromatic heterocycles. The van der Waals surface area contributed by atoms with Gasteiger partial charge in [0.1, 0.15) is 13.2 Å². The predicted octanol–water partition coefficient (Wildman–Crippen LogP) is 3.09. The van der Waals surface area contributed by atoms with Gasteiger partial charge in [-0.2, -0.15) is 0 Å². The van der Waals surface area contributed by atoms with Crippen molar-refractivity contribution in [1.82, 2.24) is 0 Å². The van der Waals surface area contributed by atoms with E-state index in [9.17, 15) is 9.46 Å². The molecule has 0 radical (unpaired) electrons. The number of rotatable bonds is 13. The van der Waals surface area contributed by atoms with Gasteiger partial charge < -0.3 is 9.38 Å². The Balaban J connectivity index is 3.52. The molecule has 0 aliphatic heterocycles. The molecule has 0 saturated heterocycles. The van der Waals surface area contributed by atoms with Gasteiger partial charge in [0.2, 0.25) is 0 Å². The lowest BCUT2D eigenvalue weighted by atomic mass is 10.1. The molecule has 1 N–H and O–H groups in total. The van der Waals surface area contributed by atoms with Gasteiger partial charge in [-0.05, 0) is 18.4 Å². The van der Waals surface area contributed by atoms with Crippen LogP contribution < -0.4 is 0 Å². The third kappa shape index (κ3) is 15.6. The number of hydrogen-bond acceptors (Lipinski definition) is 4. The summed E-state index contributed by atoms with van der Waals surface area (Å²) in [6.07, 6.45) is 4.47. The van der Waals surface area contributed by atoms with Crippen LogP contribution in [-0.4, -0.2) is 56.8 Å². The number of phosphoric acid groups is 1. The van der Waals surface area contributed by atoms with Gasteiger partial charge in [0.25, 0.3) is 0 Å². The van der Waals surface area contributed by atoms with Gasteiger partial charge in [0.15, 0.2) is 0 Å². The molecule has 8 nitrogen and oxygen atoms in total. The van der Waals surface area contributed by atoms with E-state index < -0.39 is 7.82 Å². The highest BCUT2D eigenvalue weighted by molar-refractivity contribution is 7.47. The number of quaternary nitrogens is 1. The van der Waals surface area contributed by atoms with Gasteiger partial charge in [0, 0.05) is 11.5 Å². The van der Waals surface area contributed by atoms with Crippen molar-refractivity contribution in [2.24, 2.45) is 5.11 Å². The molecule has 0 spiro atoms. The Kier molecular flexibility index (Phi) is 10.7. The summed E-state index contributed by atoms with van der Waals surface area (Å²) in [5, 5.41) is 3.45. The number of phosphoric ester groups is 1. The lowest BCUT2D eigenvalue weighted by Crippen LogP contribution is -2.37. The second-order valence-electron chi connectivity index (χ2n) is 5.87. The van der Waals surface area contributed by atoms with Crippen LogP contribution in [0.25, 0.3) is 10.4 Å². The summed E-state index contributed by atoms with van der Waals surface area (Å²) in [6.45, 7) is 1.57. The van der Waals surface area contributed by atoms with Crippen molar-refractivity contribution >= 4 is 7.82 Å². The molecule has 0 aromatic carbocycles. The topological polar surface area (TPSA) is 105 Å². The molecule has 124 valence electrons. The normalized spacial score (nSPS) is 14.5. The van der Waals surface area contributed by atoms with E-state index in [2.05, 4.69) is 10.0 Å². The summed E-state index contributed by atoms with van der Waals surface area (Å²) in [7, 11) is 2.03. The van der Waals surface area contributed by atoms with Gasteiger partial charge in [-0.1, -0.05) is 24.4 Å². The standard InChI is InChI=1S/C12H27N4O4P/c1-16(2,3)10-12-20-21(17,18)19-11-8-6-4-5-7-9-14-15-13/h4-12H2,1-3H3/p+1. The maximum atomic E-state index is 11.6. The maximum Gasteiger partial charge on any atom is 0.472 e. The highest BCUT2D eigenvalue weighted by Gasteiger charge is 2.21. The van der Waals surface area contributed by atoms with E-state index in [1.54, 1.807) is 0 Å². The largest absolute Gasteiger partial charge is 0.472 e. The zero-order valence-corrected chi connectivity index (χ0v) is 14.2. The first kappa shape index (κ1) is 20.4. The summed E-state index contributed by atoms with van der Waals surface area (Å²) in [4.78, 5) is 12.1. The molecular formula is C12H28N4O4P+. The molecule has 0 heterocycles. The maximum absolute atomic E-state index is 11.6. The molecular weight excluding hydrogens is 295 g/mol. The van der Waals surface area contributed by atoms with Crippen molar-refractivity contribution in [2.75, 3.05) is 47.4 Å². The molecule has 0 saturated carbocycles. The van der Waals surface area contributed by atoms with Crippen molar-refractivity contribution in [3.05, 3.63) is 10.4 Å². The SMILES string of the molecule is C[N+](C)(C)CCOP(=O)(O)OCCCCCCCN=[N+]=[N-]. The number of nitrogens with zero attached hydrogens (tertiary/aromatic N) is 4. The molecule has 0 aromatic rings. The van der Waals surface area contributed by atoms with Crippen molar-refractivity contribution in [3.63, 3.8) is 0 Å². The molecule has 0 bridgehead atoms. The van der Waals surface area contributed by atoms with E-state index in [0.29, 0.717) is 24.0 Å². The average Bonchev–Trinajstić information content (AvgIpc) is 2.35.